The van der Waals surface area contributed by atoms with Gasteiger partial charge in [-0.05, 0) is 136 Å². The lowest BCUT2D eigenvalue weighted by atomic mass is 9.70. The molecule has 1 heterocycles. The summed E-state index contributed by atoms with van der Waals surface area (Å²) in [5.41, 5.74) is 9.32. The van der Waals surface area contributed by atoms with Gasteiger partial charge >= 0.3 is 0 Å². The third-order valence-electron chi connectivity index (χ3n) is 20.6. The lowest BCUT2D eigenvalue weighted by Gasteiger charge is -2.35. The molecule has 0 saturated carbocycles. The van der Waals surface area contributed by atoms with E-state index in [1.54, 1.807) is 42.7 Å². The molecule has 18 heteroatoms. The number of likely N-dealkylation sites (N-methyl/N-ethyl adjacent to an activating group) is 2. The van der Waals surface area contributed by atoms with Crippen molar-refractivity contribution in [3.05, 3.63) is 191 Å². The fourth-order valence-electron chi connectivity index (χ4n) is 17.1. The zero-order chi connectivity index (χ0) is 70.9. The van der Waals surface area contributed by atoms with Crippen molar-refractivity contribution in [2.24, 2.45) is 0 Å². The number of para-hydroxylation sites is 1. The Labute approximate surface area is 572 Å². The fourth-order valence-corrected chi connectivity index (χ4v) is 17.7. The summed E-state index contributed by atoms with van der Waals surface area (Å²) in [5, 5.41) is 108. The van der Waals surface area contributed by atoms with Crippen LogP contribution in [0.5, 0.6) is 57.5 Å². The highest BCUT2D eigenvalue weighted by atomic mass is 32.2. The number of hydrogen-bond donors (Lipinski definition) is 10. The number of fused-ring (bicyclic) bond motifs is 8. The molecule has 10 rings (SSSR count). The minimum atomic E-state index is -0.904. The standard InChI is InChI=1S/C35H46N2O4.C31H42N2O4.C12H18N2O3S/c1-9-13-36(14-10-2)19-23-29-25(17-27(38)31(23)40)33(5,6)21-35(29)22-34(7,8)26-18-28(39)32(41)24(30(26)35)20-37(15-11-3)16-12-4;1-9-11-32(7)15-19-25-21(13-23(34)27(19)36)29(3,4)17-31(25)18-30(5,6)22-14-24(35)28(37)20(26(22)31)16-33(8)12-10-2;1-18(17)14-7-5-13(6-8-14)9-10-3-2-4-11(15)12(10)16/h9-12,17-18,38-41H,1-4,13-16,19-22H2,5-8H3;9-10,13-14,34-37H,1-2,11-12,15-18H2,3-8H3;2-4,15-16H,5-9H2,1H3. The molecule has 0 bridgehead atoms. The van der Waals surface area contributed by atoms with Crippen molar-refractivity contribution in [3.8, 4) is 57.5 Å². The lowest BCUT2D eigenvalue weighted by Crippen LogP contribution is -2.46. The van der Waals surface area contributed by atoms with Crippen LogP contribution < -0.4 is 0 Å². The van der Waals surface area contributed by atoms with Crippen LogP contribution in [0.15, 0.2) is 118 Å². The smallest absolute Gasteiger partial charge is 0.162 e. The Kier molecular flexibility index (Phi) is 22.3. The van der Waals surface area contributed by atoms with Gasteiger partial charge in [-0.2, -0.15) is 0 Å². The second-order valence-corrected chi connectivity index (χ2v) is 31.3. The van der Waals surface area contributed by atoms with E-state index in [0.29, 0.717) is 94.2 Å². The average Bonchev–Trinajstić information content (AvgIpc) is 1.52. The van der Waals surface area contributed by atoms with E-state index >= 15 is 0 Å². The van der Waals surface area contributed by atoms with E-state index in [4.69, 9.17) is 0 Å². The number of phenols is 10. The van der Waals surface area contributed by atoms with Gasteiger partial charge < -0.3 is 51.1 Å². The first-order chi connectivity index (χ1) is 45.0. The number of hydrogen-bond acceptors (Lipinski definition) is 16. The van der Waals surface area contributed by atoms with Gasteiger partial charge in [-0.25, -0.2) is 8.51 Å². The molecule has 2 spiro atoms. The van der Waals surface area contributed by atoms with Crippen LogP contribution in [0.1, 0.15) is 153 Å². The first kappa shape index (κ1) is 74.2. The maximum atomic E-state index is 11.4. The van der Waals surface area contributed by atoms with Crippen molar-refractivity contribution in [1.29, 1.82) is 0 Å². The summed E-state index contributed by atoms with van der Waals surface area (Å²) in [6.07, 6.45) is 15.6. The van der Waals surface area contributed by atoms with Crippen LogP contribution in [0.25, 0.3) is 0 Å². The minimum absolute atomic E-state index is 0.0426. The molecule has 1 aliphatic heterocycles. The quantitative estimate of drug-likeness (QED) is 0.0216. The highest BCUT2D eigenvalue weighted by Crippen LogP contribution is 2.69. The highest BCUT2D eigenvalue weighted by molar-refractivity contribution is 7.81. The van der Waals surface area contributed by atoms with Gasteiger partial charge in [0.15, 0.2) is 57.5 Å². The van der Waals surface area contributed by atoms with Crippen molar-refractivity contribution >= 4 is 11.0 Å². The third-order valence-corrected chi connectivity index (χ3v) is 21.7. The summed E-state index contributed by atoms with van der Waals surface area (Å²) in [6, 6.07) is 11.9. The van der Waals surface area contributed by atoms with Crippen molar-refractivity contribution < 1.29 is 55.3 Å². The van der Waals surface area contributed by atoms with E-state index in [2.05, 4.69) is 119 Å². The molecule has 1 saturated heterocycles. The van der Waals surface area contributed by atoms with Gasteiger partial charge in [-0.15, -0.1) is 39.5 Å². The zero-order valence-electron chi connectivity index (χ0n) is 58.7. The molecule has 0 radical (unpaired) electrons. The van der Waals surface area contributed by atoms with Gasteiger partial charge in [-0.1, -0.05) is 104 Å². The predicted octanol–water partition coefficient (Wildman–Crippen LogP) is 12.4. The molecular formula is C78H106N6O11S. The fraction of sp³-hybridized carbons (Fsp3) is 0.462. The normalized spacial score (nSPS) is 18.3. The summed E-state index contributed by atoms with van der Waals surface area (Å²) in [4.78, 5) is 10.6. The summed E-state index contributed by atoms with van der Waals surface area (Å²) >= 11 is 0. The maximum absolute atomic E-state index is 11.4. The van der Waals surface area contributed by atoms with Crippen LogP contribution in [-0.4, -0.2) is 170 Å². The van der Waals surface area contributed by atoms with Crippen molar-refractivity contribution in [2.75, 3.05) is 85.8 Å². The predicted molar refractivity (Wildman–Crippen MR) is 386 cm³/mol. The Bertz CT molecular complexity index is 3600. The summed E-state index contributed by atoms with van der Waals surface area (Å²) < 4.78 is 13.2. The number of nitrogens with zero attached hydrogens (tertiary/aromatic N) is 6. The second kappa shape index (κ2) is 28.9. The Morgan fingerprint density at radius 1 is 0.427 bits per heavy atom. The van der Waals surface area contributed by atoms with Crippen LogP contribution >= 0.6 is 0 Å². The van der Waals surface area contributed by atoms with E-state index in [9.17, 15) is 55.3 Å². The second-order valence-electron chi connectivity index (χ2n) is 29.9. The summed E-state index contributed by atoms with van der Waals surface area (Å²) in [6.45, 7) is 49.9. The van der Waals surface area contributed by atoms with Gasteiger partial charge in [0.25, 0.3) is 0 Å². The van der Waals surface area contributed by atoms with Gasteiger partial charge in [-0.3, -0.25) is 24.5 Å². The van der Waals surface area contributed by atoms with Gasteiger partial charge in [0.2, 0.25) is 0 Å². The molecule has 10 N–H and O–H groups in total. The van der Waals surface area contributed by atoms with E-state index in [-0.39, 0.29) is 79.2 Å². The first-order valence-electron chi connectivity index (χ1n) is 33.2. The van der Waals surface area contributed by atoms with E-state index in [1.807, 2.05) is 54.9 Å². The monoisotopic (exact) mass is 1330 g/mol. The number of phenolic OH excluding ortho intramolecular Hbond substituents is 10. The van der Waals surface area contributed by atoms with Crippen molar-refractivity contribution in [3.63, 3.8) is 0 Å². The molecular weight excluding hydrogens is 1230 g/mol. The lowest BCUT2D eigenvalue weighted by molar-refractivity contribution is 0.184. The molecule has 1 fully saturated rings. The Morgan fingerprint density at radius 2 is 0.719 bits per heavy atom. The summed E-state index contributed by atoms with van der Waals surface area (Å²) in [7, 11) is 3.03. The number of rotatable bonds is 23. The maximum Gasteiger partial charge on any atom is 0.162 e. The zero-order valence-corrected chi connectivity index (χ0v) is 59.5. The molecule has 5 aromatic rings. The van der Waals surface area contributed by atoms with Gasteiger partial charge in [0.1, 0.15) is 0 Å². The average molecular weight is 1340 g/mol. The molecule has 4 aliphatic carbocycles. The minimum Gasteiger partial charge on any atom is -0.504 e. The topological polar surface area (TPSA) is 239 Å². The van der Waals surface area contributed by atoms with Gasteiger partial charge in [0.05, 0.1) is 11.0 Å². The van der Waals surface area contributed by atoms with Crippen LogP contribution in [0.4, 0.5) is 0 Å². The molecule has 96 heavy (non-hydrogen) atoms. The highest BCUT2D eigenvalue weighted by Gasteiger charge is 2.61. The molecule has 520 valence electrons. The van der Waals surface area contributed by atoms with Gasteiger partial charge in [0, 0.05) is 143 Å². The molecule has 0 amide bonds. The van der Waals surface area contributed by atoms with Crippen LogP contribution in [0.3, 0.4) is 0 Å². The van der Waals surface area contributed by atoms with Crippen LogP contribution in [-0.2, 0) is 76.2 Å². The van der Waals surface area contributed by atoms with Crippen LogP contribution in [0.2, 0.25) is 0 Å². The molecule has 17 nitrogen and oxygen atoms in total. The van der Waals surface area contributed by atoms with E-state index in [1.165, 1.54) is 6.07 Å². The van der Waals surface area contributed by atoms with E-state index < -0.39 is 21.8 Å². The third kappa shape index (κ3) is 14.3. The number of benzene rings is 5. The Balaban J connectivity index is 0.000000197. The largest absolute Gasteiger partial charge is 0.504 e. The first-order valence-corrected chi connectivity index (χ1v) is 34.7. The molecule has 5 aromatic carbocycles. The van der Waals surface area contributed by atoms with Crippen molar-refractivity contribution in [1.82, 2.24) is 28.8 Å². The van der Waals surface area contributed by atoms with Crippen LogP contribution in [0, 0.1) is 0 Å². The van der Waals surface area contributed by atoms with Crippen molar-refractivity contribution in [2.45, 2.75) is 146 Å². The Morgan fingerprint density at radius 3 is 1.00 bits per heavy atom. The molecule has 0 aromatic heterocycles. The Hall–Kier alpha value is -7.55. The number of aromatic hydroxyl groups is 10. The van der Waals surface area contributed by atoms with E-state index in [0.717, 1.165) is 102 Å². The number of piperazine rings is 1. The SMILES string of the molecule is C=CCN(C)Cc1c(O)c(O)cc2c1C1(CC2(C)C)CC(C)(C)c2cc(O)c(O)c(CN(C)CC=C)c21.C=CCN(CC=C)Cc1c(O)c(O)cc2c1C1(CC2(C)C)CC(C)(C)c2cc(O)c(O)c(CN(CC=C)CC=C)c21.CS(=O)N1CCN(Cc2cccc(O)c2O)CC1. The molecule has 5 aliphatic rings. The molecule has 1 atom stereocenters. The summed E-state index contributed by atoms with van der Waals surface area (Å²) in [5.74, 6) is -1.02. The molecule has 1 unspecified atom stereocenters.